The van der Waals surface area contributed by atoms with E-state index in [0.29, 0.717) is 6.04 Å². The summed E-state index contributed by atoms with van der Waals surface area (Å²) in [6, 6.07) is 9.19. The normalized spacial score (nSPS) is 12.5. The van der Waals surface area contributed by atoms with Gasteiger partial charge in [-0.1, -0.05) is 43.7 Å². The van der Waals surface area contributed by atoms with E-state index in [4.69, 9.17) is 0 Å². The van der Waals surface area contributed by atoms with Gasteiger partial charge in [0.25, 0.3) is 0 Å². The molecule has 1 unspecified atom stereocenters. The summed E-state index contributed by atoms with van der Waals surface area (Å²) < 4.78 is 2.05. The molecule has 114 valence electrons. The maximum absolute atomic E-state index is 4.45. The molecule has 1 aromatic carbocycles. The van der Waals surface area contributed by atoms with Gasteiger partial charge in [0.1, 0.15) is 0 Å². The molecule has 0 fully saturated rings. The Hall–Kier alpha value is -1.61. The van der Waals surface area contributed by atoms with E-state index in [1.807, 2.05) is 10.9 Å². The molecule has 0 aliphatic carbocycles. The van der Waals surface area contributed by atoms with Crippen molar-refractivity contribution in [3.8, 4) is 0 Å². The Morgan fingerprint density at radius 1 is 1.29 bits per heavy atom. The molecule has 2 rings (SSSR count). The van der Waals surface area contributed by atoms with E-state index in [1.54, 1.807) is 0 Å². The van der Waals surface area contributed by atoms with E-state index in [0.717, 1.165) is 32.4 Å². The molecule has 0 saturated carbocycles. The second kappa shape index (κ2) is 7.99. The Morgan fingerprint density at radius 2 is 2.14 bits per heavy atom. The zero-order valence-corrected chi connectivity index (χ0v) is 13.5. The maximum Gasteiger partial charge on any atom is 0.0537 e. The predicted octanol–water partition coefficient (Wildman–Crippen LogP) is 3.88. The van der Waals surface area contributed by atoms with Gasteiger partial charge in [0.15, 0.2) is 0 Å². The summed E-state index contributed by atoms with van der Waals surface area (Å²) in [5, 5.41) is 8.04. The van der Waals surface area contributed by atoms with Crippen molar-refractivity contribution in [1.82, 2.24) is 15.1 Å². The van der Waals surface area contributed by atoms with Crippen LogP contribution in [-0.4, -0.2) is 16.3 Å². The zero-order valence-electron chi connectivity index (χ0n) is 13.5. The van der Waals surface area contributed by atoms with Crippen LogP contribution in [0.15, 0.2) is 36.7 Å². The van der Waals surface area contributed by atoms with Crippen LogP contribution >= 0.6 is 0 Å². The zero-order chi connectivity index (χ0) is 15.1. The average molecular weight is 285 g/mol. The van der Waals surface area contributed by atoms with Gasteiger partial charge in [-0.05, 0) is 38.3 Å². The summed E-state index contributed by atoms with van der Waals surface area (Å²) in [5.74, 6) is 0. The van der Waals surface area contributed by atoms with E-state index in [2.05, 4.69) is 61.6 Å². The summed E-state index contributed by atoms with van der Waals surface area (Å²) in [6.45, 7) is 8.48. The second-order valence-corrected chi connectivity index (χ2v) is 5.67. The summed E-state index contributed by atoms with van der Waals surface area (Å²) in [5.41, 5.74) is 4.06. The van der Waals surface area contributed by atoms with E-state index in [9.17, 15) is 0 Å². The van der Waals surface area contributed by atoms with E-state index in [-0.39, 0.29) is 0 Å². The highest BCUT2D eigenvalue weighted by Crippen LogP contribution is 2.19. The lowest BCUT2D eigenvalue weighted by Crippen LogP contribution is -2.21. The molecule has 1 aromatic heterocycles. The van der Waals surface area contributed by atoms with Crippen LogP contribution in [0, 0.1) is 6.92 Å². The molecule has 0 amide bonds. The molecular formula is C18H27N3. The second-order valence-electron chi connectivity index (χ2n) is 5.67. The van der Waals surface area contributed by atoms with Crippen LogP contribution in [-0.2, 0) is 13.0 Å². The lowest BCUT2D eigenvalue weighted by atomic mass is 10.0. The molecule has 0 radical (unpaired) electrons. The van der Waals surface area contributed by atoms with Gasteiger partial charge in [-0.3, -0.25) is 4.68 Å². The van der Waals surface area contributed by atoms with Gasteiger partial charge in [-0.2, -0.15) is 5.10 Å². The van der Waals surface area contributed by atoms with Crippen molar-refractivity contribution in [2.45, 2.75) is 52.6 Å². The largest absolute Gasteiger partial charge is 0.310 e. The van der Waals surface area contributed by atoms with Crippen molar-refractivity contribution < 1.29 is 0 Å². The number of nitrogens with zero attached hydrogens (tertiary/aromatic N) is 2. The first-order valence-corrected chi connectivity index (χ1v) is 8.04. The molecule has 3 nitrogen and oxygen atoms in total. The van der Waals surface area contributed by atoms with Crippen LogP contribution < -0.4 is 5.32 Å². The molecule has 0 aliphatic heterocycles. The SMILES string of the molecule is CCCn1cc(C(CCc2cccc(C)c2)NCC)cn1. The number of benzene rings is 1. The molecule has 1 heterocycles. The number of rotatable bonds is 8. The van der Waals surface area contributed by atoms with Crippen LogP contribution in [0.25, 0.3) is 0 Å². The fraction of sp³-hybridized carbons (Fsp3) is 0.500. The highest BCUT2D eigenvalue weighted by Gasteiger charge is 2.12. The Kier molecular flexibility index (Phi) is 6.00. The van der Waals surface area contributed by atoms with Crippen molar-refractivity contribution in [2.75, 3.05) is 6.54 Å². The first-order valence-electron chi connectivity index (χ1n) is 8.04. The van der Waals surface area contributed by atoms with Crippen molar-refractivity contribution in [2.24, 2.45) is 0 Å². The van der Waals surface area contributed by atoms with Gasteiger partial charge in [0, 0.05) is 24.3 Å². The lowest BCUT2D eigenvalue weighted by Gasteiger charge is -2.16. The van der Waals surface area contributed by atoms with Crippen LogP contribution in [0.3, 0.4) is 0 Å². The van der Waals surface area contributed by atoms with Crippen LogP contribution in [0.1, 0.15) is 49.4 Å². The number of aryl methyl sites for hydroxylation is 3. The van der Waals surface area contributed by atoms with E-state index < -0.39 is 0 Å². The Labute approximate surface area is 128 Å². The van der Waals surface area contributed by atoms with Crippen LogP contribution in [0.4, 0.5) is 0 Å². The van der Waals surface area contributed by atoms with Crippen molar-refractivity contribution in [3.63, 3.8) is 0 Å². The fourth-order valence-corrected chi connectivity index (χ4v) is 2.72. The minimum absolute atomic E-state index is 0.390. The summed E-state index contributed by atoms with van der Waals surface area (Å²) in [6.07, 6.45) is 7.52. The molecular weight excluding hydrogens is 258 g/mol. The van der Waals surface area contributed by atoms with Gasteiger partial charge in [0.05, 0.1) is 6.20 Å². The third-order valence-corrected chi connectivity index (χ3v) is 3.76. The van der Waals surface area contributed by atoms with Crippen LogP contribution in [0.2, 0.25) is 0 Å². The van der Waals surface area contributed by atoms with Gasteiger partial charge >= 0.3 is 0 Å². The van der Waals surface area contributed by atoms with Crippen molar-refractivity contribution >= 4 is 0 Å². The minimum Gasteiger partial charge on any atom is -0.310 e. The summed E-state index contributed by atoms with van der Waals surface area (Å²) in [7, 11) is 0. The Bertz CT molecular complexity index is 545. The van der Waals surface area contributed by atoms with Crippen LogP contribution in [0.5, 0.6) is 0 Å². The predicted molar refractivity (Wildman–Crippen MR) is 88.4 cm³/mol. The van der Waals surface area contributed by atoms with Gasteiger partial charge in [0.2, 0.25) is 0 Å². The molecule has 0 spiro atoms. The standard InChI is InChI=1S/C18H27N3/c1-4-11-21-14-17(13-20-21)18(19-5-2)10-9-16-8-6-7-15(3)12-16/h6-8,12-14,18-19H,4-5,9-11H2,1-3H3. The van der Waals surface area contributed by atoms with Gasteiger partial charge in [-0.15, -0.1) is 0 Å². The Morgan fingerprint density at radius 3 is 2.86 bits per heavy atom. The van der Waals surface area contributed by atoms with Crippen molar-refractivity contribution in [3.05, 3.63) is 53.3 Å². The molecule has 0 aliphatic rings. The Balaban J connectivity index is 2.00. The summed E-state index contributed by atoms with van der Waals surface area (Å²) in [4.78, 5) is 0. The third-order valence-electron chi connectivity index (χ3n) is 3.76. The summed E-state index contributed by atoms with van der Waals surface area (Å²) >= 11 is 0. The molecule has 1 N–H and O–H groups in total. The van der Waals surface area contributed by atoms with Gasteiger partial charge in [-0.25, -0.2) is 0 Å². The smallest absolute Gasteiger partial charge is 0.0537 e. The van der Waals surface area contributed by atoms with Crippen molar-refractivity contribution in [1.29, 1.82) is 0 Å². The monoisotopic (exact) mass is 285 g/mol. The number of hydrogen-bond donors (Lipinski definition) is 1. The highest BCUT2D eigenvalue weighted by molar-refractivity contribution is 5.23. The van der Waals surface area contributed by atoms with E-state index in [1.165, 1.54) is 16.7 Å². The molecule has 3 heteroatoms. The first kappa shape index (κ1) is 15.8. The average Bonchev–Trinajstić information content (AvgIpc) is 2.92. The third kappa shape index (κ3) is 4.71. The topological polar surface area (TPSA) is 29.9 Å². The molecule has 0 saturated heterocycles. The number of aromatic nitrogens is 2. The molecule has 2 aromatic rings. The quantitative estimate of drug-likeness (QED) is 0.797. The number of nitrogens with one attached hydrogen (secondary N) is 1. The maximum atomic E-state index is 4.45. The van der Waals surface area contributed by atoms with Gasteiger partial charge < -0.3 is 5.32 Å². The minimum atomic E-state index is 0.390. The lowest BCUT2D eigenvalue weighted by molar-refractivity contribution is 0.514. The molecule has 21 heavy (non-hydrogen) atoms. The molecule has 0 bridgehead atoms. The molecule has 1 atom stereocenters. The number of hydrogen-bond acceptors (Lipinski definition) is 2. The highest BCUT2D eigenvalue weighted by atomic mass is 15.3. The fourth-order valence-electron chi connectivity index (χ4n) is 2.72. The van der Waals surface area contributed by atoms with E-state index >= 15 is 0 Å². The first-order chi connectivity index (χ1) is 10.2.